The van der Waals surface area contributed by atoms with Crippen molar-refractivity contribution in [3.63, 3.8) is 0 Å². The molecule has 1 fully saturated rings. The normalized spacial score (nSPS) is 16.2. The van der Waals surface area contributed by atoms with E-state index >= 15 is 0 Å². The van der Waals surface area contributed by atoms with E-state index < -0.39 is 0 Å². The molecule has 1 heterocycles. The Morgan fingerprint density at radius 3 is 2.34 bits per heavy atom. The van der Waals surface area contributed by atoms with Crippen LogP contribution in [-0.2, 0) is 11.4 Å². The van der Waals surface area contributed by atoms with Crippen molar-refractivity contribution < 1.29 is 9.53 Å². The molecule has 1 amide bonds. The highest BCUT2D eigenvalue weighted by Crippen LogP contribution is 2.34. The highest BCUT2D eigenvalue weighted by molar-refractivity contribution is 9.10. The molecule has 0 radical (unpaired) electrons. The average Bonchev–Trinajstić information content (AvgIpc) is 3.09. The minimum absolute atomic E-state index is 0.0149. The molecule has 0 unspecified atom stereocenters. The van der Waals surface area contributed by atoms with E-state index in [1.165, 1.54) is 17.3 Å². The van der Waals surface area contributed by atoms with Crippen LogP contribution >= 0.6 is 27.7 Å². The summed E-state index contributed by atoms with van der Waals surface area (Å²) >= 11 is 4.85. The fraction of sp³-hybridized carbons (Fsp3) is 0.154. The van der Waals surface area contributed by atoms with Gasteiger partial charge >= 0.3 is 0 Å². The van der Waals surface area contributed by atoms with Crippen molar-refractivity contribution in [3.8, 4) is 5.75 Å². The van der Waals surface area contributed by atoms with Crippen LogP contribution in [0, 0.1) is 6.92 Å². The monoisotopic (exact) mass is 506 g/mol. The van der Waals surface area contributed by atoms with Gasteiger partial charge in [0.1, 0.15) is 12.4 Å². The number of amides is 1. The predicted octanol–water partition coefficient (Wildman–Crippen LogP) is 6.96. The molecule has 0 bridgehead atoms. The molecule has 162 valence electrons. The van der Waals surface area contributed by atoms with Gasteiger partial charge in [0.25, 0.3) is 5.91 Å². The number of aliphatic imine (C=N–C) groups is 1. The number of nitrogens with zero attached hydrogens (tertiary/aromatic N) is 2. The number of carbonyl (C=O) groups excluding carboxylic acids is 1. The first-order valence-electron chi connectivity index (χ1n) is 10.4. The summed E-state index contributed by atoms with van der Waals surface area (Å²) < 4.78 is 6.92. The number of benzene rings is 3. The van der Waals surface area contributed by atoms with E-state index in [0.29, 0.717) is 23.2 Å². The lowest BCUT2D eigenvalue weighted by Gasteiger charge is -2.12. The van der Waals surface area contributed by atoms with Crippen molar-refractivity contribution in [1.82, 2.24) is 4.90 Å². The zero-order valence-electron chi connectivity index (χ0n) is 17.9. The molecular weight excluding hydrogens is 484 g/mol. The van der Waals surface area contributed by atoms with Crippen molar-refractivity contribution in [2.75, 3.05) is 6.54 Å². The fourth-order valence-corrected chi connectivity index (χ4v) is 4.49. The molecule has 32 heavy (non-hydrogen) atoms. The van der Waals surface area contributed by atoms with Gasteiger partial charge in [-0.1, -0.05) is 57.9 Å². The molecule has 3 aromatic rings. The number of likely N-dealkylation sites (N-methyl/N-ethyl adjacent to an activating group) is 1. The van der Waals surface area contributed by atoms with Crippen LogP contribution in [0.4, 0.5) is 5.69 Å². The second-order valence-corrected chi connectivity index (χ2v) is 9.30. The number of hydrogen-bond acceptors (Lipinski definition) is 4. The van der Waals surface area contributed by atoms with Gasteiger partial charge in [0.05, 0.1) is 10.6 Å². The average molecular weight is 507 g/mol. The first-order valence-corrected chi connectivity index (χ1v) is 12.0. The van der Waals surface area contributed by atoms with E-state index in [1.54, 1.807) is 4.90 Å². The Hall–Kier alpha value is -2.83. The smallest absolute Gasteiger partial charge is 0.266 e. The van der Waals surface area contributed by atoms with Crippen LogP contribution in [0.15, 0.2) is 87.2 Å². The third kappa shape index (κ3) is 5.50. The van der Waals surface area contributed by atoms with E-state index in [4.69, 9.17) is 4.74 Å². The topological polar surface area (TPSA) is 41.9 Å². The van der Waals surface area contributed by atoms with Gasteiger partial charge in [0.15, 0.2) is 5.17 Å². The van der Waals surface area contributed by atoms with E-state index in [-0.39, 0.29) is 5.91 Å². The van der Waals surface area contributed by atoms with Gasteiger partial charge in [-0.15, -0.1) is 0 Å². The maximum atomic E-state index is 12.9. The summed E-state index contributed by atoms with van der Waals surface area (Å²) in [5.74, 6) is 0.774. The lowest BCUT2D eigenvalue weighted by Crippen LogP contribution is -2.28. The van der Waals surface area contributed by atoms with Crippen LogP contribution in [0.1, 0.15) is 23.6 Å². The SMILES string of the molecule is CCN1C(=O)/C(=C\c2ccc(OCc3ccc(Br)cc3)cc2)SC1=Nc1ccc(C)cc1. The molecule has 6 heteroatoms. The molecule has 4 nitrogen and oxygen atoms in total. The summed E-state index contributed by atoms with van der Waals surface area (Å²) in [7, 11) is 0. The van der Waals surface area contributed by atoms with Crippen molar-refractivity contribution in [1.29, 1.82) is 0 Å². The van der Waals surface area contributed by atoms with Gasteiger partial charge in [-0.25, -0.2) is 4.99 Å². The molecule has 4 rings (SSSR count). The van der Waals surface area contributed by atoms with Crippen molar-refractivity contribution in [2.45, 2.75) is 20.5 Å². The quantitative estimate of drug-likeness (QED) is 0.339. The summed E-state index contributed by atoms with van der Waals surface area (Å²) in [6, 6.07) is 23.8. The fourth-order valence-electron chi connectivity index (χ4n) is 3.16. The summed E-state index contributed by atoms with van der Waals surface area (Å²) in [4.78, 5) is 19.9. The van der Waals surface area contributed by atoms with Gasteiger partial charge in [0, 0.05) is 11.0 Å². The Bertz CT molecular complexity index is 1150. The van der Waals surface area contributed by atoms with Gasteiger partial charge < -0.3 is 4.74 Å². The maximum absolute atomic E-state index is 12.9. The Morgan fingerprint density at radius 2 is 1.69 bits per heavy atom. The molecule has 0 aromatic heterocycles. The number of thioether (sulfide) groups is 1. The van der Waals surface area contributed by atoms with E-state index in [1.807, 2.05) is 92.7 Å². The van der Waals surface area contributed by atoms with Gasteiger partial charge in [-0.05, 0) is 79.2 Å². The summed E-state index contributed by atoms with van der Waals surface area (Å²) in [6.07, 6.45) is 1.91. The number of rotatable bonds is 6. The molecule has 0 atom stereocenters. The first-order chi connectivity index (χ1) is 15.5. The maximum Gasteiger partial charge on any atom is 0.266 e. The molecule has 0 N–H and O–H groups in total. The predicted molar refractivity (Wildman–Crippen MR) is 136 cm³/mol. The third-order valence-corrected chi connectivity index (χ3v) is 6.49. The van der Waals surface area contributed by atoms with Crippen molar-refractivity contribution in [2.24, 2.45) is 4.99 Å². The number of halogens is 1. The van der Waals surface area contributed by atoms with Crippen molar-refractivity contribution in [3.05, 3.63) is 98.9 Å². The zero-order valence-corrected chi connectivity index (χ0v) is 20.3. The Balaban J connectivity index is 1.46. The molecular formula is C26H23BrN2O2S. The van der Waals surface area contributed by atoms with Gasteiger partial charge in [0.2, 0.25) is 0 Å². The molecule has 1 aliphatic rings. The number of carbonyl (C=O) groups is 1. The number of hydrogen-bond donors (Lipinski definition) is 0. The lowest BCUT2D eigenvalue weighted by molar-refractivity contribution is -0.122. The number of aryl methyl sites for hydroxylation is 1. The second kappa shape index (κ2) is 10.2. The zero-order chi connectivity index (χ0) is 22.5. The molecule has 1 aliphatic heterocycles. The minimum atomic E-state index is -0.0149. The molecule has 1 saturated heterocycles. The van der Waals surface area contributed by atoms with E-state index in [0.717, 1.165) is 27.0 Å². The number of ether oxygens (including phenoxy) is 1. The molecule has 0 saturated carbocycles. The Kier molecular flexibility index (Phi) is 7.12. The summed E-state index contributed by atoms with van der Waals surface area (Å²) in [6.45, 7) is 5.09. The van der Waals surface area contributed by atoms with Gasteiger partial charge in [-0.2, -0.15) is 0 Å². The molecule has 0 aliphatic carbocycles. The van der Waals surface area contributed by atoms with Crippen LogP contribution in [0.2, 0.25) is 0 Å². The highest BCUT2D eigenvalue weighted by atomic mass is 79.9. The van der Waals surface area contributed by atoms with Crippen LogP contribution < -0.4 is 4.74 Å². The minimum Gasteiger partial charge on any atom is -0.489 e. The Labute approximate surface area is 201 Å². The highest BCUT2D eigenvalue weighted by Gasteiger charge is 2.32. The Morgan fingerprint density at radius 1 is 1.00 bits per heavy atom. The lowest BCUT2D eigenvalue weighted by atomic mass is 10.2. The van der Waals surface area contributed by atoms with Crippen molar-refractivity contribution >= 4 is 50.5 Å². The molecule has 3 aromatic carbocycles. The first kappa shape index (κ1) is 22.4. The van der Waals surface area contributed by atoms with Crippen LogP contribution in [-0.4, -0.2) is 22.5 Å². The van der Waals surface area contributed by atoms with Crippen LogP contribution in [0.3, 0.4) is 0 Å². The van der Waals surface area contributed by atoms with E-state index in [9.17, 15) is 4.79 Å². The standard InChI is InChI=1S/C26H23BrN2O2S/c1-3-29-25(30)24(32-26(29)28-22-12-4-18(2)5-13-22)16-19-8-14-23(15-9-19)31-17-20-6-10-21(27)11-7-20/h4-16H,3,17H2,1-2H3/b24-16+,28-26?. The third-order valence-electron chi connectivity index (χ3n) is 4.96. The van der Waals surface area contributed by atoms with E-state index in [2.05, 4.69) is 20.9 Å². The largest absolute Gasteiger partial charge is 0.489 e. The second-order valence-electron chi connectivity index (χ2n) is 7.37. The molecule has 0 spiro atoms. The van der Waals surface area contributed by atoms with Gasteiger partial charge in [-0.3, -0.25) is 9.69 Å². The summed E-state index contributed by atoms with van der Waals surface area (Å²) in [5.41, 5.74) is 4.08. The number of amidine groups is 1. The summed E-state index contributed by atoms with van der Waals surface area (Å²) in [5, 5.41) is 0.710. The van der Waals surface area contributed by atoms with Crippen LogP contribution in [0.5, 0.6) is 5.75 Å². The van der Waals surface area contributed by atoms with Crippen LogP contribution in [0.25, 0.3) is 6.08 Å².